The van der Waals surface area contributed by atoms with E-state index in [4.69, 9.17) is 9.94 Å². The maximum Gasteiger partial charge on any atom is 0.358 e. The molecule has 86 valence electrons. The van der Waals surface area contributed by atoms with Crippen molar-refractivity contribution in [1.82, 2.24) is 0 Å². The van der Waals surface area contributed by atoms with Gasteiger partial charge in [-0.2, -0.15) is 0 Å². The lowest BCUT2D eigenvalue weighted by atomic mass is 10.0. The van der Waals surface area contributed by atoms with Crippen LogP contribution in [0.25, 0.3) is 0 Å². The summed E-state index contributed by atoms with van der Waals surface area (Å²) >= 11 is 3.31. The smallest absolute Gasteiger partial charge is 0.358 e. The zero-order valence-corrected chi connectivity index (χ0v) is 10.4. The molecule has 1 aromatic rings. The molecule has 0 unspecified atom stereocenters. The van der Waals surface area contributed by atoms with E-state index in [0.29, 0.717) is 17.5 Å². The number of nitrogens with zero attached hydrogens (tertiary/aromatic N) is 1. The van der Waals surface area contributed by atoms with Gasteiger partial charge < -0.3 is 9.94 Å². The van der Waals surface area contributed by atoms with Crippen molar-refractivity contribution in [2.75, 3.05) is 6.61 Å². The van der Waals surface area contributed by atoms with Crippen molar-refractivity contribution in [2.24, 2.45) is 5.16 Å². The summed E-state index contributed by atoms with van der Waals surface area (Å²) in [5.41, 5.74) is 1.36. The van der Waals surface area contributed by atoms with Gasteiger partial charge in [-0.25, -0.2) is 4.79 Å². The van der Waals surface area contributed by atoms with Crippen molar-refractivity contribution in [3.05, 3.63) is 35.4 Å². The van der Waals surface area contributed by atoms with E-state index in [9.17, 15) is 4.79 Å². The normalized spacial score (nSPS) is 11.2. The highest BCUT2D eigenvalue weighted by molar-refractivity contribution is 9.08. The average Bonchev–Trinajstić information content (AvgIpc) is 2.29. The molecule has 1 N–H and O–H groups in total. The van der Waals surface area contributed by atoms with Crippen LogP contribution in [0.3, 0.4) is 0 Å². The maximum atomic E-state index is 11.0. The van der Waals surface area contributed by atoms with Crippen LogP contribution in [-0.4, -0.2) is 23.4 Å². The molecule has 0 aliphatic rings. The Hall–Kier alpha value is -1.36. The van der Waals surface area contributed by atoms with Gasteiger partial charge in [0.1, 0.15) is 6.61 Å². The van der Waals surface area contributed by atoms with Gasteiger partial charge in [0, 0.05) is 10.9 Å². The summed E-state index contributed by atoms with van der Waals surface area (Å²) in [5, 5.41) is 13.2. The molecule has 5 heteroatoms. The van der Waals surface area contributed by atoms with Crippen LogP contribution in [-0.2, 0) is 15.0 Å². The lowest BCUT2D eigenvalue weighted by Gasteiger charge is -2.06. The Labute approximate surface area is 102 Å². The third kappa shape index (κ3) is 3.06. The first-order valence-electron chi connectivity index (χ1n) is 4.78. The Morgan fingerprint density at radius 3 is 2.75 bits per heavy atom. The fourth-order valence-electron chi connectivity index (χ4n) is 1.20. The topological polar surface area (TPSA) is 58.9 Å². The molecule has 0 fully saturated rings. The van der Waals surface area contributed by atoms with Crippen LogP contribution >= 0.6 is 15.9 Å². The van der Waals surface area contributed by atoms with Gasteiger partial charge in [0.05, 0.1) is 0 Å². The van der Waals surface area contributed by atoms with Gasteiger partial charge in [0.2, 0.25) is 0 Å². The summed E-state index contributed by atoms with van der Waals surface area (Å²) in [4.78, 5) is 15.9. The molecule has 0 radical (unpaired) electrons. The molecule has 0 saturated carbocycles. The number of carboxylic acids is 1. The largest absolute Gasteiger partial charge is 0.476 e. The van der Waals surface area contributed by atoms with Crippen LogP contribution in [0.2, 0.25) is 0 Å². The lowest BCUT2D eigenvalue weighted by Crippen LogP contribution is -2.16. The Kier molecular flexibility index (Phi) is 4.98. The third-order valence-electron chi connectivity index (χ3n) is 1.90. The standard InChI is InChI=1S/C11H12BrNO3/c1-2-16-13-10(11(14)15)9-6-4-3-5-8(9)7-12/h3-6H,2,7H2,1H3,(H,14,15). The van der Waals surface area contributed by atoms with E-state index in [2.05, 4.69) is 21.1 Å². The Morgan fingerprint density at radius 2 is 2.19 bits per heavy atom. The molecule has 0 atom stereocenters. The van der Waals surface area contributed by atoms with Crippen molar-refractivity contribution in [2.45, 2.75) is 12.3 Å². The van der Waals surface area contributed by atoms with Gasteiger partial charge >= 0.3 is 5.97 Å². The molecule has 1 aromatic carbocycles. The van der Waals surface area contributed by atoms with Crippen molar-refractivity contribution in [1.29, 1.82) is 0 Å². The number of rotatable bonds is 5. The quantitative estimate of drug-likeness (QED) is 0.513. The molecule has 16 heavy (non-hydrogen) atoms. The van der Waals surface area contributed by atoms with Crippen molar-refractivity contribution >= 4 is 27.6 Å². The van der Waals surface area contributed by atoms with Gasteiger partial charge in [-0.3, -0.25) is 0 Å². The fourth-order valence-corrected chi connectivity index (χ4v) is 1.69. The molecule has 0 saturated heterocycles. The number of oxime groups is 1. The number of aliphatic carboxylic acids is 1. The van der Waals surface area contributed by atoms with Gasteiger partial charge in [0.15, 0.2) is 5.71 Å². The van der Waals surface area contributed by atoms with E-state index >= 15 is 0 Å². The van der Waals surface area contributed by atoms with Crippen LogP contribution in [0.5, 0.6) is 0 Å². The summed E-state index contributed by atoms with van der Waals surface area (Å²) in [5.74, 6) is -1.10. The van der Waals surface area contributed by atoms with Gasteiger partial charge in [-0.1, -0.05) is 45.4 Å². The predicted octanol–water partition coefficient (Wildman–Crippen LogP) is 2.41. The van der Waals surface area contributed by atoms with E-state index in [1.807, 2.05) is 12.1 Å². The van der Waals surface area contributed by atoms with Crippen LogP contribution in [0.4, 0.5) is 0 Å². The van der Waals surface area contributed by atoms with Crippen molar-refractivity contribution in [3.8, 4) is 0 Å². The maximum absolute atomic E-state index is 11.0. The third-order valence-corrected chi connectivity index (χ3v) is 2.51. The molecule has 0 amide bonds. The number of hydrogen-bond donors (Lipinski definition) is 1. The molecule has 0 spiro atoms. The van der Waals surface area contributed by atoms with Gasteiger partial charge in [-0.05, 0) is 12.5 Å². The number of alkyl halides is 1. The first kappa shape index (κ1) is 12.7. The lowest BCUT2D eigenvalue weighted by molar-refractivity contribution is -0.129. The summed E-state index contributed by atoms with van der Waals surface area (Å²) in [6, 6.07) is 7.17. The monoisotopic (exact) mass is 285 g/mol. The molecule has 0 aliphatic heterocycles. The minimum atomic E-state index is -1.10. The van der Waals surface area contributed by atoms with E-state index in [1.54, 1.807) is 19.1 Å². The summed E-state index contributed by atoms with van der Waals surface area (Å²) in [6.07, 6.45) is 0. The summed E-state index contributed by atoms with van der Waals surface area (Å²) < 4.78 is 0. The first-order valence-corrected chi connectivity index (χ1v) is 5.90. The SMILES string of the molecule is CCON=C(C(=O)O)c1ccccc1CBr. The Morgan fingerprint density at radius 1 is 1.50 bits per heavy atom. The highest BCUT2D eigenvalue weighted by atomic mass is 79.9. The second-order valence-electron chi connectivity index (χ2n) is 2.95. The number of carbonyl (C=O) groups is 1. The van der Waals surface area contributed by atoms with Crippen LogP contribution in [0, 0.1) is 0 Å². The minimum Gasteiger partial charge on any atom is -0.476 e. The fraction of sp³-hybridized carbons (Fsp3) is 0.273. The number of halogens is 1. The van der Waals surface area contributed by atoms with Gasteiger partial charge in [0.25, 0.3) is 0 Å². The van der Waals surface area contributed by atoms with Crippen molar-refractivity contribution < 1.29 is 14.7 Å². The highest BCUT2D eigenvalue weighted by Gasteiger charge is 2.16. The molecule has 0 heterocycles. The number of carboxylic acid groups (broad SMARTS) is 1. The zero-order chi connectivity index (χ0) is 12.0. The molecule has 0 bridgehead atoms. The molecule has 0 aliphatic carbocycles. The van der Waals surface area contributed by atoms with E-state index < -0.39 is 5.97 Å². The summed E-state index contributed by atoms with van der Waals surface area (Å²) in [6.45, 7) is 2.09. The van der Waals surface area contributed by atoms with Crippen LogP contribution < -0.4 is 0 Å². The highest BCUT2D eigenvalue weighted by Crippen LogP contribution is 2.14. The number of hydrogen-bond acceptors (Lipinski definition) is 3. The molecular formula is C11H12BrNO3. The molecule has 4 nitrogen and oxygen atoms in total. The average molecular weight is 286 g/mol. The number of benzene rings is 1. The minimum absolute atomic E-state index is 0.0723. The van der Waals surface area contributed by atoms with E-state index in [0.717, 1.165) is 5.56 Å². The predicted molar refractivity (Wildman–Crippen MR) is 64.9 cm³/mol. The second-order valence-corrected chi connectivity index (χ2v) is 3.51. The van der Waals surface area contributed by atoms with E-state index in [1.165, 1.54) is 0 Å². The van der Waals surface area contributed by atoms with E-state index in [-0.39, 0.29) is 5.71 Å². The van der Waals surface area contributed by atoms with Crippen molar-refractivity contribution in [3.63, 3.8) is 0 Å². The van der Waals surface area contributed by atoms with Gasteiger partial charge in [-0.15, -0.1) is 0 Å². The molecular weight excluding hydrogens is 274 g/mol. The zero-order valence-electron chi connectivity index (χ0n) is 8.81. The molecule has 0 aromatic heterocycles. The molecule has 1 rings (SSSR count). The Bertz CT molecular complexity index is 404. The first-order chi connectivity index (χ1) is 7.70. The second kappa shape index (κ2) is 6.27. The summed E-state index contributed by atoms with van der Waals surface area (Å²) in [7, 11) is 0. The van der Waals surface area contributed by atoms with Crippen LogP contribution in [0.1, 0.15) is 18.1 Å². The Balaban J connectivity index is 3.15. The van der Waals surface area contributed by atoms with Crippen LogP contribution in [0.15, 0.2) is 29.4 Å².